The number of anilines is 1. The van der Waals surface area contributed by atoms with Gasteiger partial charge >= 0.3 is 0 Å². The number of aromatic nitrogens is 3. The van der Waals surface area contributed by atoms with E-state index >= 15 is 0 Å². The summed E-state index contributed by atoms with van der Waals surface area (Å²) in [6, 6.07) is 14.9. The molecule has 40 heavy (non-hydrogen) atoms. The molecule has 3 aliphatic rings. The number of carbonyl (C=O) groups excluding carboxylic acids is 3. The van der Waals surface area contributed by atoms with Crippen molar-refractivity contribution >= 4 is 34.4 Å². The lowest BCUT2D eigenvalue weighted by Gasteiger charge is -2.38. The van der Waals surface area contributed by atoms with Gasteiger partial charge in [0.25, 0.3) is 0 Å². The first-order valence-corrected chi connectivity index (χ1v) is 13.9. The third-order valence-corrected chi connectivity index (χ3v) is 9.00. The summed E-state index contributed by atoms with van der Waals surface area (Å²) >= 11 is 0. The molecule has 11 heteroatoms. The lowest BCUT2D eigenvalue weighted by atomic mass is 9.70. The fourth-order valence-corrected chi connectivity index (χ4v) is 6.89. The Balaban J connectivity index is 1.33. The number of para-hydroxylation sites is 2. The summed E-state index contributed by atoms with van der Waals surface area (Å²) in [5.41, 5.74) is 0.946. The average molecular weight is 547 g/mol. The van der Waals surface area contributed by atoms with Crippen molar-refractivity contribution in [3.8, 4) is 0 Å². The van der Waals surface area contributed by atoms with E-state index in [-0.39, 0.29) is 31.0 Å². The molecule has 3 aromatic rings. The van der Waals surface area contributed by atoms with Gasteiger partial charge in [-0.1, -0.05) is 55.8 Å². The van der Waals surface area contributed by atoms with Crippen molar-refractivity contribution in [3.63, 3.8) is 0 Å². The van der Waals surface area contributed by atoms with Crippen molar-refractivity contribution in [3.05, 3.63) is 54.6 Å². The Bertz CT molecular complexity index is 1430. The molecule has 1 spiro atoms. The molecule has 3 amide bonds. The Morgan fingerprint density at radius 1 is 1.15 bits per heavy atom. The molecule has 0 aliphatic carbocycles. The van der Waals surface area contributed by atoms with Crippen molar-refractivity contribution in [2.75, 3.05) is 11.9 Å². The Kier molecular flexibility index (Phi) is 6.79. The number of benzene rings is 2. The van der Waals surface area contributed by atoms with Gasteiger partial charge in [-0.2, -0.15) is 0 Å². The van der Waals surface area contributed by atoms with Gasteiger partial charge in [-0.25, -0.2) is 4.68 Å². The number of fused-ring (bicyclic) bond motifs is 2. The van der Waals surface area contributed by atoms with Gasteiger partial charge in [0.1, 0.15) is 23.8 Å². The highest BCUT2D eigenvalue weighted by molar-refractivity contribution is 6.02. The van der Waals surface area contributed by atoms with E-state index in [0.29, 0.717) is 30.5 Å². The predicted octanol–water partition coefficient (Wildman–Crippen LogP) is 1.93. The summed E-state index contributed by atoms with van der Waals surface area (Å²) in [4.78, 5) is 43.3. The lowest BCUT2D eigenvalue weighted by Crippen LogP contribution is -2.59. The fraction of sp³-hybridized carbons (Fsp3) is 0.483. The average Bonchev–Trinajstić information content (AvgIpc) is 3.72. The van der Waals surface area contributed by atoms with E-state index in [9.17, 15) is 19.5 Å². The summed E-state index contributed by atoms with van der Waals surface area (Å²) in [7, 11) is 0. The van der Waals surface area contributed by atoms with E-state index in [2.05, 4.69) is 20.9 Å². The Morgan fingerprint density at radius 3 is 2.65 bits per heavy atom. The third kappa shape index (κ3) is 4.06. The van der Waals surface area contributed by atoms with E-state index < -0.39 is 41.5 Å². The quantitative estimate of drug-likeness (QED) is 0.373. The van der Waals surface area contributed by atoms with Crippen LogP contribution >= 0.6 is 0 Å². The topological polar surface area (TPSA) is 139 Å². The van der Waals surface area contributed by atoms with E-state index in [1.807, 2.05) is 56.3 Å². The van der Waals surface area contributed by atoms with Gasteiger partial charge in [-0.05, 0) is 43.0 Å². The molecule has 1 aromatic heterocycles. The summed E-state index contributed by atoms with van der Waals surface area (Å²) < 4.78 is 8.09. The molecule has 2 unspecified atom stereocenters. The number of amides is 3. The minimum atomic E-state index is -1.16. The Hall–Kier alpha value is -3.83. The maximum absolute atomic E-state index is 14.2. The molecule has 0 radical (unpaired) electrons. The van der Waals surface area contributed by atoms with Crippen LogP contribution in [-0.2, 0) is 25.8 Å². The largest absolute Gasteiger partial charge is 0.394 e. The van der Waals surface area contributed by atoms with Crippen LogP contribution in [-0.4, -0.2) is 73.1 Å². The molecule has 2 aromatic carbocycles. The second-order valence-corrected chi connectivity index (χ2v) is 11.1. The van der Waals surface area contributed by atoms with Gasteiger partial charge in [0, 0.05) is 5.69 Å². The predicted molar refractivity (Wildman–Crippen MR) is 146 cm³/mol. The number of hydrogen-bond donors (Lipinski definition) is 3. The summed E-state index contributed by atoms with van der Waals surface area (Å²) in [6.45, 7) is 3.68. The van der Waals surface area contributed by atoms with Gasteiger partial charge in [-0.15, -0.1) is 5.10 Å². The fourth-order valence-electron chi connectivity index (χ4n) is 6.89. The smallest absolute Gasteiger partial charge is 0.247 e. The minimum absolute atomic E-state index is 0.0487. The van der Waals surface area contributed by atoms with Gasteiger partial charge in [0.05, 0.1) is 36.1 Å². The van der Waals surface area contributed by atoms with Crippen molar-refractivity contribution < 1.29 is 24.2 Å². The van der Waals surface area contributed by atoms with Crippen LogP contribution < -0.4 is 10.6 Å². The molecular formula is C29H34N6O5. The van der Waals surface area contributed by atoms with E-state index in [4.69, 9.17) is 4.74 Å². The van der Waals surface area contributed by atoms with E-state index in [0.717, 1.165) is 5.52 Å². The third-order valence-electron chi connectivity index (χ3n) is 9.00. The molecule has 3 aliphatic heterocycles. The molecule has 3 fully saturated rings. The highest BCUT2D eigenvalue weighted by Gasteiger charge is 2.75. The normalized spacial score (nSPS) is 28.5. The van der Waals surface area contributed by atoms with Crippen LogP contribution in [0.25, 0.3) is 11.0 Å². The molecule has 210 valence electrons. The molecule has 6 rings (SSSR count). The first-order valence-electron chi connectivity index (χ1n) is 13.9. The number of ether oxygens (including phenoxy) is 1. The Morgan fingerprint density at radius 2 is 1.90 bits per heavy atom. The van der Waals surface area contributed by atoms with Crippen molar-refractivity contribution in [1.29, 1.82) is 0 Å². The van der Waals surface area contributed by atoms with Crippen molar-refractivity contribution in [2.45, 2.75) is 63.6 Å². The number of nitrogens with one attached hydrogen (secondary N) is 2. The number of aliphatic hydroxyl groups excluding tert-OH is 1. The van der Waals surface area contributed by atoms with Crippen LogP contribution in [0.2, 0.25) is 0 Å². The highest BCUT2D eigenvalue weighted by Crippen LogP contribution is 2.59. The number of aliphatic hydroxyl groups is 1. The maximum Gasteiger partial charge on any atom is 0.247 e. The first-order chi connectivity index (χ1) is 19.4. The van der Waals surface area contributed by atoms with Gasteiger partial charge < -0.3 is 25.4 Å². The molecule has 2 bridgehead atoms. The van der Waals surface area contributed by atoms with Gasteiger partial charge in [0.2, 0.25) is 17.7 Å². The van der Waals surface area contributed by atoms with Crippen LogP contribution in [0.3, 0.4) is 0 Å². The number of likely N-dealkylation sites (tertiary alicyclic amines) is 1. The van der Waals surface area contributed by atoms with E-state index in [1.54, 1.807) is 16.8 Å². The number of hydrogen-bond acceptors (Lipinski definition) is 7. The number of rotatable bonds is 9. The summed E-state index contributed by atoms with van der Waals surface area (Å²) in [5, 5.41) is 24.6. The van der Waals surface area contributed by atoms with Crippen LogP contribution in [0.1, 0.15) is 33.1 Å². The van der Waals surface area contributed by atoms with Crippen molar-refractivity contribution in [2.24, 2.45) is 17.8 Å². The maximum atomic E-state index is 14.2. The molecule has 3 N–H and O–H groups in total. The Labute approximate surface area is 231 Å². The molecule has 3 saturated heterocycles. The minimum Gasteiger partial charge on any atom is -0.394 e. The monoisotopic (exact) mass is 546 g/mol. The molecule has 11 nitrogen and oxygen atoms in total. The van der Waals surface area contributed by atoms with Gasteiger partial charge in [0.15, 0.2) is 0 Å². The number of nitrogens with zero attached hydrogens (tertiary/aromatic N) is 4. The molecule has 0 saturated carbocycles. The standard InChI is InChI=1S/C29H34N6O5/c1-3-17(2)21(15-36)35-25(27(38)30-16-34-20-12-8-7-11-19(20)32-33-34)29-14-13-22(40-29)23(24(29)28(35)39)26(37)31-18-9-5-4-6-10-18/h4-12,17,21-25,36H,3,13-16H2,1-2H3,(H,30,38)(H,31,37)/t17-,21-,22-,23+,24-,25?,29?/m0/s1. The zero-order valence-corrected chi connectivity index (χ0v) is 22.6. The number of carbonyl (C=O) groups is 3. The highest BCUT2D eigenvalue weighted by atomic mass is 16.5. The zero-order chi connectivity index (χ0) is 28.0. The second-order valence-electron chi connectivity index (χ2n) is 11.1. The van der Waals surface area contributed by atoms with E-state index in [1.165, 1.54) is 4.90 Å². The van der Waals surface area contributed by atoms with Crippen molar-refractivity contribution in [1.82, 2.24) is 25.2 Å². The summed E-state index contributed by atoms with van der Waals surface area (Å²) in [5.74, 6) is -2.65. The van der Waals surface area contributed by atoms with Crippen LogP contribution in [0.15, 0.2) is 54.6 Å². The van der Waals surface area contributed by atoms with Gasteiger partial charge in [-0.3, -0.25) is 14.4 Å². The molecule has 4 heterocycles. The summed E-state index contributed by atoms with van der Waals surface area (Å²) in [6.07, 6.45) is 1.27. The van der Waals surface area contributed by atoms with Crippen LogP contribution in [0.5, 0.6) is 0 Å². The molecular weight excluding hydrogens is 512 g/mol. The first kappa shape index (κ1) is 26.4. The zero-order valence-electron chi connectivity index (χ0n) is 22.6. The lowest BCUT2D eigenvalue weighted by molar-refractivity contribution is -0.146. The second kappa shape index (κ2) is 10.3. The van der Waals surface area contributed by atoms with Crippen LogP contribution in [0.4, 0.5) is 5.69 Å². The van der Waals surface area contributed by atoms with Crippen LogP contribution in [0, 0.1) is 17.8 Å². The SMILES string of the molecule is CC[C@H](C)[C@H](CO)N1C(=O)[C@@H]2[C@H](C(=O)Nc3ccccc3)[C@@H]3CCC2(O3)C1C(=O)NCn1nnc2ccccc21. The molecule has 7 atom stereocenters.